The number of aliphatic hydroxyl groups excluding tert-OH is 1. The molecule has 0 saturated heterocycles. The molecule has 10 nitrogen and oxygen atoms in total. The van der Waals surface area contributed by atoms with Gasteiger partial charge in [-0.25, -0.2) is 8.42 Å². The lowest BCUT2D eigenvalue weighted by Gasteiger charge is -2.28. The maximum absolute atomic E-state index is 13.8. The summed E-state index contributed by atoms with van der Waals surface area (Å²) in [6, 6.07) is 20.7. The van der Waals surface area contributed by atoms with Crippen LogP contribution >= 0.6 is 0 Å². The molecule has 47 heavy (non-hydrogen) atoms. The molecule has 0 aliphatic heterocycles. The summed E-state index contributed by atoms with van der Waals surface area (Å²) in [6.07, 6.45) is 4.95. The second kappa shape index (κ2) is 17.3. The van der Waals surface area contributed by atoms with Gasteiger partial charge in [0.2, 0.25) is 10.0 Å². The highest BCUT2D eigenvalue weighted by atomic mass is 32.2. The van der Waals surface area contributed by atoms with Gasteiger partial charge >= 0.3 is 0 Å². The summed E-state index contributed by atoms with van der Waals surface area (Å²) in [5.74, 6) is 0.0219. The van der Waals surface area contributed by atoms with E-state index in [-0.39, 0.29) is 41.1 Å². The van der Waals surface area contributed by atoms with Gasteiger partial charge < -0.3 is 25.8 Å². The topological polar surface area (TPSA) is 146 Å². The number of rotatable bonds is 16. The number of sulfonamides is 1. The van der Waals surface area contributed by atoms with Crippen LogP contribution in [0.15, 0.2) is 72.8 Å². The number of ether oxygens (including phenoxy) is 1. The Morgan fingerprint density at radius 3 is 2.21 bits per heavy atom. The van der Waals surface area contributed by atoms with Crippen molar-refractivity contribution in [1.29, 1.82) is 0 Å². The fraction of sp³-hybridized carbons (Fsp3) is 0.444. The predicted octanol–water partition coefficient (Wildman–Crippen LogP) is 4.65. The van der Waals surface area contributed by atoms with E-state index in [4.69, 9.17) is 4.74 Å². The molecular formula is C36H48N4O6S. The first-order valence-corrected chi connectivity index (χ1v) is 18.0. The van der Waals surface area contributed by atoms with Crippen LogP contribution in [0.3, 0.4) is 0 Å². The van der Waals surface area contributed by atoms with Crippen molar-refractivity contribution in [1.82, 2.24) is 16.0 Å². The van der Waals surface area contributed by atoms with Crippen LogP contribution in [0.2, 0.25) is 0 Å². The van der Waals surface area contributed by atoms with Gasteiger partial charge in [-0.1, -0.05) is 61.7 Å². The molecule has 11 heteroatoms. The Labute approximate surface area is 278 Å². The summed E-state index contributed by atoms with van der Waals surface area (Å²) in [4.78, 5) is 27.2. The van der Waals surface area contributed by atoms with E-state index in [2.05, 4.69) is 20.7 Å². The minimum Gasteiger partial charge on any atom is -0.497 e. The molecule has 0 bridgehead atoms. The third-order valence-electron chi connectivity index (χ3n) is 8.72. The summed E-state index contributed by atoms with van der Waals surface area (Å²) in [5.41, 5.74) is 2.30. The summed E-state index contributed by atoms with van der Waals surface area (Å²) >= 11 is 0. The molecule has 3 aromatic rings. The zero-order valence-corrected chi connectivity index (χ0v) is 28.3. The summed E-state index contributed by atoms with van der Waals surface area (Å²) in [6.45, 7) is 4.18. The molecule has 0 aromatic heterocycles. The van der Waals surface area contributed by atoms with Crippen molar-refractivity contribution in [2.24, 2.45) is 5.92 Å². The van der Waals surface area contributed by atoms with Crippen molar-refractivity contribution >= 4 is 27.5 Å². The molecule has 4 rings (SSSR count). The molecule has 2 amide bonds. The Morgan fingerprint density at radius 1 is 0.894 bits per heavy atom. The molecule has 1 aliphatic carbocycles. The van der Waals surface area contributed by atoms with Crippen molar-refractivity contribution in [2.45, 2.75) is 77.1 Å². The van der Waals surface area contributed by atoms with Gasteiger partial charge in [-0.3, -0.25) is 14.3 Å². The van der Waals surface area contributed by atoms with Crippen molar-refractivity contribution in [3.8, 4) is 5.75 Å². The third kappa shape index (κ3) is 11.1. The van der Waals surface area contributed by atoms with E-state index in [0.717, 1.165) is 42.6 Å². The number of nitrogens with one attached hydrogen (secondary N) is 4. The van der Waals surface area contributed by atoms with E-state index in [9.17, 15) is 23.1 Å². The van der Waals surface area contributed by atoms with Crippen LogP contribution in [-0.2, 0) is 23.0 Å². The van der Waals surface area contributed by atoms with E-state index < -0.39 is 28.1 Å². The van der Waals surface area contributed by atoms with Crippen LogP contribution in [0.5, 0.6) is 5.75 Å². The van der Waals surface area contributed by atoms with E-state index in [0.29, 0.717) is 18.9 Å². The molecule has 0 unspecified atom stereocenters. The highest BCUT2D eigenvalue weighted by molar-refractivity contribution is 7.92. The van der Waals surface area contributed by atoms with Crippen LogP contribution in [0.4, 0.5) is 5.69 Å². The van der Waals surface area contributed by atoms with E-state index in [1.165, 1.54) is 31.5 Å². The van der Waals surface area contributed by atoms with E-state index in [1.54, 1.807) is 7.11 Å². The number of anilines is 1. The van der Waals surface area contributed by atoms with E-state index >= 15 is 0 Å². The first kappa shape index (κ1) is 35.9. The van der Waals surface area contributed by atoms with Crippen molar-refractivity contribution in [2.75, 3.05) is 24.1 Å². The minimum absolute atomic E-state index is 0.0639. The molecule has 3 aromatic carbocycles. The zero-order valence-electron chi connectivity index (χ0n) is 27.5. The number of aliphatic hydroxyl groups is 1. The zero-order chi connectivity index (χ0) is 33.8. The number of carbonyl (C=O) groups is 2. The Bertz CT molecular complexity index is 1580. The summed E-state index contributed by atoms with van der Waals surface area (Å²) < 4.78 is 32.7. The quantitative estimate of drug-likeness (QED) is 0.150. The lowest BCUT2D eigenvalue weighted by molar-refractivity contribution is 0.0830. The average molecular weight is 665 g/mol. The van der Waals surface area contributed by atoms with Crippen LogP contribution < -0.4 is 25.4 Å². The molecule has 0 heterocycles. The van der Waals surface area contributed by atoms with Gasteiger partial charge in [0.25, 0.3) is 11.8 Å². The molecule has 254 valence electrons. The largest absolute Gasteiger partial charge is 0.497 e. The Balaban J connectivity index is 1.54. The van der Waals surface area contributed by atoms with Crippen LogP contribution in [0.1, 0.15) is 77.8 Å². The highest BCUT2D eigenvalue weighted by Gasteiger charge is 2.25. The molecule has 3 atom stereocenters. The number of carbonyl (C=O) groups excluding carboxylic acids is 2. The molecular weight excluding hydrogens is 616 g/mol. The number of amides is 2. The standard InChI is InChI=1S/C36H48N4O6S/c1-4-47(44,45)40-31-21-29(35(42)38-25(2)28-15-9-6-10-16-28)20-30(22-31)36(43)39-33(19-26-12-7-5-8-13-26)34(41)24-37-23-27-14-11-17-32(18-27)46-3/h5,7-8,11-14,17-18,20-22,25,28,33-34,37,40-41H,4,6,9-10,15-16,19,23-24H2,1-3H3,(H,38,42)(H,39,43)/t25-,33+,34-/m1/s1. The second-order valence-electron chi connectivity index (χ2n) is 12.3. The van der Waals surface area contributed by atoms with Crippen LogP contribution in [-0.4, -0.2) is 62.9 Å². The lowest BCUT2D eigenvalue weighted by atomic mass is 9.84. The first-order valence-electron chi connectivity index (χ1n) is 16.4. The van der Waals surface area contributed by atoms with Gasteiger partial charge in [-0.05, 0) is 80.5 Å². The normalized spacial score (nSPS) is 15.7. The van der Waals surface area contributed by atoms with Gasteiger partial charge in [0, 0.05) is 30.3 Å². The smallest absolute Gasteiger partial charge is 0.251 e. The second-order valence-corrected chi connectivity index (χ2v) is 14.3. The molecule has 1 aliphatic rings. The Morgan fingerprint density at radius 2 is 1.55 bits per heavy atom. The highest BCUT2D eigenvalue weighted by Crippen LogP contribution is 2.27. The van der Waals surface area contributed by atoms with Crippen molar-refractivity contribution < 1.29 is 27.9 Å². The predicted molar refractivity (Wildman–Crippen MR) is 185 cm³/mol. The monoisotopic (exact) mass is 664 g/mol. The van der Waals surface area contributed by atoms with Gasteiger partial charge in [0.1, 0.15) is 5.75 Å². The fourth-order valence-electron chi connectivity index (χ4n) is 5.93. The maximum Gasteiger partial charge on any atom is 0.251 e. The number of hydrogen-bond donors (Lipinski definition) is 5. The van der Waals surface area contributed by atoms with Gasteiger partial charge in [0.05, 0.1) is 30.7 Å². The molecule has 5 N–H and O–H groups in total. The number of methoxy groups -OCH3 is 1. The minimum atomic E-state index is -3.68. The number of hydrogen-bond acceptors (Lipinski definition) is 7. The van der Waals surface area contributed by atoms with Gasteiger partial charge in [-0.2, -0.15) is 0 Å². The molecule has 1 saturated carbocycles. The molecule has 0 spiro atoms. The number of benzene rings is 3. The van der Waals surface area contributed by atoms with Gasteiger partial charge in [-0.15, -0.1) is 0 Å². The summed E-state index contributed by atoms with van der Waals surface area (Å²) in [7, 11) is -2.08. The van der Waals surface area contributed by atoms with Crippen LogP contribution in [0.25, 0.3) is 0 Å². The van der Waals surface area contributed by atoms with Gasteiger partial charge in [0.15, 0.2) is 0 Å². The lowest BCUT2D eigenvalue weighted by Crippen LogP contribution is -2.48. The van der Waals surface area contributed by atoms with E-state index in [1.807, 2.05) is 61.5 Å². The molecule has 1 fully saturated rings. The van der Waals surface area contributed by atoms with Crippen molar-refractivity contribution in [3.63, 3.8) is 0 Å². The molecule has 0 radical (unpaired) electrons. The van der Waals surface area contributed by atoms with Crippen molar-refractivity contribution in [3.05, 3.63) is 95.1 Å². The first-order chi connectivity index (χ1) is 22.6. The Kier molecular flexibility index (Phi) is 13.2. The van der Waals surface area contributed by atoms with Crippen LogP contribution in [0, 0.1) is 5.92 Å². The fourth-order valence-corrected chi connectivity index (χ4v) is 6.56. The third-order valence-corrected chi connectivity index (χ3v) is 10.0. The average Bonchev–Trinajstić information content (AvgIpc) is 3.08. The maximum atomic E-state index is 13.8. The summed E-state index contributed by atoms with van der Waals surface area (Å²) in [5, 5.41) is 20.6. The Hall–Kier alpha value is -3.93. The SMILES string of the molecule is CCS(=O)(=O)Nc1cc(C(=O)N[C@@H](Cc2ccccc2)[C@H](O)CNCc2cccc(OC)c2)cc(C(=O)N[C@H](C)C2CCCCC2)c1.